The largest absolute Gasteiger partial charge is 0.317 e. The first-order valence-corrected chi connectivity index (χ1v) is 3.96. The summed E-state index contributed by atoms with van der Waals surface area (Å²) in [5.41, 5.74) is 0. The van der Waals surface area contributed by atoms with Gasteiger partial charge in [0.15, 0.2) is 0 Å². The third-order valence-electron chi connectivity index (χ3n) is 2.10. The van der Waals surface area contributed by atoms with Crippen molar-refractivity contribution < 1.29 is 0 Å². The molecule has 58 valence electrons. The molecule has 1 unspecified atom stereocenters. The summed E-state index contributed by atoms with van der Waals surface area (Å²) >= 11 is 0. The second-order valence-corrected chi connectivity index (χ2v) is 2.85. The lowest BCUT2D eigenvalue weighted by Gasteiger charge is -2.17. The second kappa shape index (κ2) is 2.86. The number of rotatable bonds is 1. The van der Waals surface area contributed by atoms with Crippen molar-refractivity contribution in [1.29, 1.82) is 0 Å². The van der Waals surface area contributed by atoms with Crippen molar-refractivity contribution in [2.75, 3.05) is 0 Å². The Hall–Kier alpha value is -1.12. The van der Waals surface area contributed by atoms with Gasteiger partial charge in [-0.05, 0) is 19.3 Å². The predicted molar refractivity (Wildman–Crippen MR) is 42.1 cm³/mol. The van der Waals surface area contributed by atoms with E-state index in [9.17, 15) is 0 Å². The van der Waals surface area contributed by atoms with Crippen LogP contribution in [-0.2, 0) is 0 Å². The van der Waals surface area contributed by atoms with Crippen molar-refractivity contribution in [3.8, 4) is 0 Å². The van der Waals surface area contributed by atoms with Gasteiger partial charge in [-0.3, -0.25) is 0 Å². The first-order valence-electron chi connectivity index (χ1n) is 3.96. The molecule has 0 N–H and O–H groups in total. The van der Waals surface area contributed by atoms with Crippen LogP contribution in [0.5, 0.6) is 0 Å². The third-order valence-corrected chi connectivity index (χ3v) is 2.10. The van der Waals surface area contributed by atoms with Crippen molar-refractivity contribution in [1.82, 2.24) is 14.8 Å². The Balaban J connectivity index is 2.11. The molecule has 2 rings (SSSR count). The topological polar surface area (TPSA) is 30.7 Å². The SMILES string of the molecule is C1=CCC(n2cnnc2)CC1. The van der Waals surface area contributed by atoms with Gasteiger partial charge in [-0.1, -0.05) is 12.2 Å². The van der Waals surface area contributed by atoms with Crippen molar-refractivity contribution in [3.63, 3.8) is 0 Å². The van der Waals surface area contributed by atoms with E-state index in [1.165, 1.54) is 12.8 Å². The molecule has 3 nitrogen and oxygen atoms in total. The Kier molecular flexibility index (Phi) is 1.71. The fourth-order valence-electron chi connectivity index (χ4n) is 1.45. The van der Waals surface area contributed by atoms with E-state index in [1.807, 2.05) is 0 Å². The zero-order chi connectivity index (χ0) is 7.52. The number of aromatic nitrogens is 3. The first kappa shape index (κ1) is 6.58. The summed E-state index contributed by atoms with van der Waals surface area (Å²) in [6.45, 7) is 0. The summed E-state index contributed by atoms with van der Waals surface area (Å²) in [5.74, 6) is 0. The fourth-order valence-corrected chi connectivity index (χ4v) is 1.45. The molecule has 0 radical (unpaired) electrons. The molecule has 0 amide bonds. The van der Waals surface area contributed by atoms with Crippen molar-refractivity contribution >= 4 is 0 Å². The van der Waals surface area contributed by atoms with Crippen LogP contribution in [0.1, 0.15) is 25.3 Å². The maximum absolute atomic E-state index is 3.79. The van der Waals surface area contributed by atoms with Gasteiger partial charge in [0.25, 0.3) is 0 Å². The standard InChI is InChI=1S/C8H11N3/c1-2-4-8(5-3-1)11-6-9-10-7-11/h1-2,6-8H,3-5H2. The van der Waals surface area contributed by atoms with Gasteiger partial charge in [0.2, 0.25) is 0 Å². The minimum Gasteiger partial charge on any atom is -0.317 e. The van der Waals surface area contributed by atoms with Gasteiger partial charge in [-0.2, -0.15) is 0 Å². The van der Waals surface area contributed by atoms with E-state index in [2.05, 4.69) is 26.9 Å². The normalized spacial score (nSPS) is 23.8. The molecule has 3 heteroatoms. The summed E-state index contributed by atoms with van der Waals surface area (Å²) < 4.78 is 2.09. The van der Waals surface area contributed by atoms with Crippen molar-refractivity contribution in [3.05, 3.63) is 24.8 Å². The molecule has 1 atom stereocenters. The van der Waals surface area contributed by atoms with Crippen molar-refractivity contribution in [2.24, 2.45) is 0 Å². The molecule has 1 aromatic heterocycles. The van der Waals surface area contributed by atoms with E-state index < -0.39 is 0 Å². The highest BCUT2D eigenvalue weighted by Crippen LogP contribution is 2.22. The minimum absolute atomic E-state index is 0.593. The molecule has 0 fully saturated rings. The van der Waals surface area contributed by atoms with Crippen LogP contribution in [0.3, 0.4) is 0 Å². The van der Waals surface area contributed by atoms with Crippen LogP contribution >= 0.6 is 0 Å². The Bertz CT molecular complexity index is 238. The maximum Gasteiger partial charge on any atom is 0.119 e. The molecule has 0 spiro atoms. The highest BCUT2D eigenvalue weighted by molar-refractivity contribution is 4.92. The molecule has 0 saturated heterocycles. The Morgan fingerprint density at radius 3 is 2.64 bits per heavy atom. The molecule has 11 heavy (non-hydrogen) atoms. The molecular weight excluding hydrogens is 138 g/mol. The highest BCUT2D eigenvalue weighted by Gasteiger charge is 2.10. The van der Waals surface area contributed by atoms with E-state index in [-0.39, 0.29) is 0 Å². The molecule has 0 bridgehead atoms. The van der Waals surface area contributed by atoms with Gasteiger partial charge < -0.3 is 4.57 Å². The third kappa shape index (κ3) is 1.31. The van der Waals surface area contributed by atoms with Gasteiger partial charge in [-0.15, -0.1) is 10.2 Å². The van der Waals surface area contributed by atoms with Crippen LogP contribution < -0.4 is 0 Å². The molecule has 0 saturated carbocycles. The number of allylic oxidation sites excluding steroid dienone is 2. The second-order valence-electron chi connectivity index (χ2n) is 2.85. The summed E-state index contributed by atoms with van der Waals surface area (Å²) in [4.78, 5) is 0. The van der Waals surface area contributed by atoms with E-state index in [1.54, 1.807) is 12.7 Å². The van der Waals surface area contributed by atoms with Gasteiger partial charge in [0.1, 0.15) is 12.7 Å². The Morgan fingerprint density at radius 2 is 2.00 bits per heavy atom. The molecule has 1 heterocycles. The quantitative estimate of drug-likeness (QED) is 0.567. The molecular formula is C8H11N3. The lowest BCUT2D eigenvalue weighted by Crippen LogP contribution is -2.07. The average Bonchev–Trinajstić information content (AvgIpc) is 2.58. The van der Waals surface area contributed by atoms with Crippen LogP contribution in [0.4, 0.5) is 0 Å². The molecule has 1 aromatic rings. The highest BCUT2D eigenvalue weighted by atomic mass is 15.2. The summed E-state index contributed by atoms with van der Waals surface area (Å²) in [5, 5.41) is 7.57. The first-order chi connectivity index (χ1) is 5.47. The number of hydrogen-bond acceptors (Lipinski definition) is 2. The Labute approximate surface area is 65.8 Å². The van der Waals surface area contributed by atoms with Gasteiger partial charge in [0.05, 0.1) is 0 Å². The number of hydrogen-bond donors (Lipinski definition) is 0. The lowest BCUT2D eigenvalue weighted by molar-refractivity contribution is 0.459. The molecule has 1 aliphatic rings. The summed E-state index contributed by atoms with van der Waals surface area (Å²) in [6, 6.07) is 0.593. The summed E-state index contributed by atoms with van der Waals surface area (Å²) in [7, 11) is 0. The smallest absolute Gasteiger partial charge is 0.119 e. The van der Waals surface area contributed by atoms with Crippen LogP contribution in [0.15, 0.2) is 24.8 Å². The van der Waals surface area contributed by atoms with Gasteiger partial charge in [-0.25, -0.2) is 0 Å². The van der Waals surface area contributed by atoms with E-state index >= 15 is 0 Å². The molecule has 1 aliphatic carbocycles. The van der Waals surface area contributed by atoms with Crippen LogP contribution in [0.2, 0.25) is 0 Å². The molecule has 0 aromatic carbocycles. The number of nitrogens with zero attached hydrogens (tertiary/aromatic N) is 3. The fraction of sp³-hybridized carbons (Fsp3) is 0.500. The average molecular weight is 149 g/mol. The lowest BCUT2D eigenvalue weighted by atomic mass is 10.0. The van der Waals surface area contributed by atoms with E-state index in [0.29, 0.717) is 6.04 Å². The maximum atomic E-state index is 3.79. The van der Waals surface area contributed by atoms with E-state index in [0.717, 1.165) is 6.42 Å². The van der Waals surface area contributed by atoms with Crippen LogP contribution in [-0.4, -0.2) is 14.8 Å². The summed E-state index contributed by atoms with van der Waals surface area (Å²) in [6.07, 6.45) is 11.6. The van der Waals surface area contributed by atoms with Crippen LogP contribution in [0, 0.1) is 0 Å². The van der Waals surface area contributed by atoms with E-state index in [4.69, 9.17) is 0 Å². The molecule has 0 aliphatic heterocycles. The predicted octanol–water partition coefficient (Wildman–Crippen LogP) is 1.56. The minimum atomic E-state index is 0.593. The van der Waals surface area contributed by atoms with Crippen LogP contribution in [0.25, 0.3) is 0 Å². The zero-order valence-corrected chi connectivity index (χ0v) is 6.35. The van der Waals surface area contributed by atoms with Gasteiger partial charge in [0, 0.05) is 6.04 Å². The monoisotopic (exact) mass is 149 g/mol. The van der Waals surface area contributed by atoms with Crippen molar-refractivity contribution in [2.45, 2.75) is 25.3 Å². The zero-order valence-electron chi connectivity index (χ0n) is 6.35. The van der Waals surface area contributed by atoms with Gasteiger partial charge >= 0.3 is 0 Å². The Morgan fingerprint density at radius 1 is 1.18 bits per heavy atom.